The van der Waals surface area contributed by atoms with Gasteiger partial charge in [0.25, 0.3) is 5.91 Å². The molecule has 8 nitrogen and oxygen atoms in total. The van der Waals surface area contributed by atoms with Gasteiger partial charge in [0.05, 0.1) is 5.92 Å². The number of hydrogen-bond donors (Lipinski definition) is 2. The zero-order valence-corrected chi connectivity index (χ0v) is 21.5. The third-order valence-electron chi connectivity index (χ3n) is 8.21. The average molecular weight is 504 g/mol. The molecule has 5 rings (SSSR count). The molecule has 37 heavy (non-hydrogen) atoms. The number of imide groups is 1. The molecule has 0 radical (unpaired) electrons. The molecule has 1 aliphatic heterocycles. The van der Waals surface area contributed by atoms with Gasteiger partial charge in [0.15, 0.2) is 0 Å². The molecule has 8 heteroatoms. The van der Waals surface area contributed by atoms with Crippen LogP contribution in [0.1, 0.15) is 57.4 Å². The Kier molecular flexibility index (Phi) is 7.44. The molecule has 3 atom stereocenters. The maximum absolute atomic E-state index is 13.9. The normalized spacial score (nSPS) is 22.7. The molecule has 4 amide bonds. The predicted octanol–water partition coefficient (Wildman–Crippen LogP) is 4.15. The van der Waals surface area contributed by atoms with Crippen LogP contribution in [0.5, 0.6) is 0 Å². The predicted molar refractivity (Wildman–Crippen MR) is 143 cm³/mol. The van der Waals surface area contributed by atoms with Crippen molar-refractivity contribution >= 4 is 29.4 Å². The molecular weight excluding hydrogens is 466 g/mol. The van der Waals surface area contributed by atoms with Crippen LogP contribution in [0.3, 0.4) is 0 Å². The number of urea groups is 1. The highest BCUT2D eigenvalue weighted by atomic mass is 16.2. The van der Waals surface area contributed by atoms with Crippen LogP contribution in [0, 0.1) is 17.8 Å². The van der Waals surface area contributed by atoms with E-state index in [-0.39, 0.29) is 17.9 Å². The van der Waals surface area contributed by atoms with Crippen LogP contribution in [0.4, 0.5) is 16.3 Å². The second-order valence-electron chi connectivity index (χ2n) is 10.7. The average Bonchev–Trinajstić information content (AvgIpc) is 3.75. The van der Waals surface area contributed by atoms with E-state index in [0.717, 1.165) is 36.9 Å². The molecule has 0 bridgehead atoms. The SMILES string of the molecule is CCN(C(=O)[C@@H]1C(Cc2ccnc(N)c2)C(=O)N1C(=O)N[C@@H](C1CCCCC1)C1CC1)c1ccccc1. The lowest BCUT2D eigenvalue weighted by molar-refractivity contribution is -0.156. The van der Waals surface area contributed by atoms with Crippen molar-refractivity contribution in [1.29, 1.82) is 0 Å². The van der Waals surface area contributed by atoms with Crippen molar-refractivity contribution < 1.29 is 14.4 Å². The summed E-state index contributed by atoms with van der Waals surface area (Å²) in [6.07, 6.45) is 10.00. The van der Waals surface area contributed by atoms with Gasteiger partial charge in [-0.15, -0.1) is 0 Å². The van der Waals surface area contributed by atoms with E-state index in [0.29, 0.717) is 30.6 Å². The number of nitrogens with one attached hydrogen (secondary N) is 1. The van der Waals surface area contributed by atoms with Gasteiger partial charge in [-0.25, -0.2) is 9.78 Å². The van der Waals surface area contributed by atoms with E-state index in [9.17, 15) is 14.4 Å². The van der Waals surface area contributed by atoms with Crippen LogP contribution in [0.25, 0.3) is 0 Å². The van der Waals surface area contributed by atoms with Crippen molar-refractivity contribution in [3.05, 3.63) is 54.2 Å². The van der Waals surface area contributed by atoms with Crippen LogP contribution >= 0.6 is 0 Å². The number of carbonyl (C=O) groups is 3. The first-order chi connectivity index (χ1) is 18.0. The summed E-state index contributed by atoms with van der Waals surface area (Å²) in [7, 11) is 0. The van der Waals surface area contributed by atoms with Crippen molar-refractivity contribution in [2.75, 3.05) is 17.2 Å². The summed E-state index contributed by atoms with van der Waals surface area (Å²) in [6, 6.07) is 11.7. The van der Waals surface area contributed by atoms with Crippen molar-refractivity contribution in [1.82, 2.24) is 15.2 Å². The van der Waals surface area contributed by atoms with Crippen molar-refractivity contribution in [2.45, 2.75) is 70.4 Å². The Morgan fingerprint density at radius 1 is 1.08 bits per heavy atom. The van der Waals surface area contributed by atoms with Crippen molar-refractivity contribution in [3.63, 3.8) is 0 Å². The van der Waals surface area contributed by atoms with Crippen LogP contribution in [-0.2, 0) is 16.0 Å². The smallest absolute Gasteiger partial charge is 0.325 e. The Labute approximate surface area is 218 Å². The maximum atomic E-state index is 13.9. The third kappa shape index (κ3) is 5.33. The fraction of sp³-hybridized carbons (Fsp3) is 0.517. The number of para-hydroxylation sites is 1. The van der Waals surface area contributed by atoms with E-state index < -0.39 is 18.0 Å². The molecule has 2 aromatic rings. The highest BCUT2D eigenvalue weighted by molar-refractivity contribution is 6.12. The minimum Gasteiger partial charge on any atom is -0.384 e. The Morgan fingerprint density at radius 2 is 1.78 bits per heavy atom. The largest absolute Gasteiger partial charge is 0.384 e. The fourth-order valence-electron chi connectivity index (χ4n) is 6.15. The first-order valence-electron chi connectivity index (χ1n) is 13.7. The molecule has 196 valence electrons. The molecule has 3 aliphatic rings. The quantitative estimate of drug-likeness (QED) is 0.526. The summed E-state index contributed by atoms with van der Waals surface area (Å²) < 4.78 is 0. The monoisotopic (exact) mass is 503 g/mol. The lowest BCUT2D eigenvalue weighted by atomic mass is 9.80. The highest BCUT2D eigenvalue weighted by Gasteiger charge is 2.56. The lowest BCUT2D eigenvalue weighted by Crippen LogP contribution is -2.71. The number of likely N-dealkylation sites (N-methyl/N-ethyl adjacent to an activating group) is 1. The van der Waals surface area contributed by atoms with Crippen molar-refractivity contribution in [3.8, 4) is 0 Å². The minimum atomic E-state index is -0.867. The standard InChI is InChI=1S/C29H37N5O3/c1-2-33(22-11-7-4-8-12-22)28(36)26-23(17-19-15-16-31-24(30)18-19)27(35)34(26)29(37)32-25(21-13-14-21)20-9-5-3-6-10-20/h4,7-8,11-12,15-16,18,20-21,23,25-26H,2-3,5-6,9-10,13-14,17H2,1H3,(H2,30,31)(H,32,37)/t23?,25-,26-/m0/s1. The fourth-order valence-corrected chi connectivity index (χ4v) is 6.15. The third-order valence-corrected chi connectivity index (χ3v) is 8.21. The van der Waals surface area contributed by atoms with E-state index >= 15 is 0 Å². The second kappa shape index (κ2) is 10.9. The molecular formula is C29H37N5O3. The van der Waals surface area contributed by atoms with E-state index in [1.807, 2.05) is 37.3 Å². The number of nitrogen functional groups attached to an aromatic ring is 1. The van der Waals surface area contributed by atoms with Gasteiger partial charge in [-0.05, 0) is 80.7 Å². The molecule has 3 N–H and O–H groups in total. The van der Waals surface area contributed by atoms with Gasteiger partial charge in [0, 0.05) is 24.5 Å². The van der Waals surface area contributed by atoms with Gasteiger partial charge in [0.2, 0.25) is 5.91 Å². The molecule has 1 unspecified atom stereocenters. The first kappa shape index (κ1) is 25.2. The van der Waals surface area contributed by atoms with Crippen LogP contribution in [0.15, 0.2) is 48.7 Å². The highest BCUT2D eigenvalue weighted by Crippen LogP contribution is 2.41. The number of pyridine rings is 1. The van der Waals surface area contributed by atoms with E-state index in [1.165, 1.54) is 24.2 Å². The number of nitrogens with zero attached hydrogens (tertiary/aromatic N) is 3. The summed E-state index contributed by atoms with van der Waals surface area (Å²) in [5, 5.41) is 3.22. The topological polar surface area (TPSA) is 109 Å². The van der Waals surface area contributed by atoms with E-state index in [2.05, 4.69) is 10.3 Å². The van der Waals surface area contributed by atoms with Crippen LogP contribution < -0.4 is 16.0 Å². The minimum absolute atomic E-state index is 0.0757. The van der Waals surface area contributed by atoms with E-state index in [4.69, 9.17) is 5.73 Å². The number of aromatic nitrogens is 1. The number of likely N-dealkylation sites (tertiary alicyclic amines) is 1. The Hall–Kier alpha value is -3.42. The number of benzene rings is 1. The Balaban J connectivity index is 1.39. The number of carbonyl (C=O) groups excluding carboxylic acids is 3. The van der Waals surface area contributed by atoms with Gasteiger partial charge in [-0.3, -0.25) is 14.5 Å². The maximum Gasteiger partial charge on any atom is 0.325 e. The van der Waals surface area contributed by atoms with Crippen LogP contribution in [0.2, 0.25) is 0 Å². The summed E-state index contributed by atoms with van der Waals surface area (Å²) in [5.74, 6) is 0.102. The summed E-state index contributed by atoms with van der Waals surface area (Å²) >= 11 is 0. The first-order valence-corrected chi connectivity index (χ1v) is 13.7. The second-order valence-corrected chi connectivity index (χ2v) is 10.7. The summed E-state index contributed by atoms with van der Waals surface area (Å²) in [5.41, 5.74) is 7.43. The van der Waals surface area contributed by atoms with Gasteiger partial charge >= 0.3 is 6.03 Å². The van der Waals surface area contributed by atoms with Gasteiger partial charge in [0.1, 0.15) is 11.9 Å². The zero-order chi connectivity index (χ0) is 25.9. The molecule has 1 aromatic heterocycles. The molecule has 0 spiro atoms. The summed E-state index contributed by atoms with van der Waals surface area (Å²) in [4.78, 5) is 47.9. The number of β-lactam (4-membered cyclic amide) rings is 1. The lowest BCUT2D eigenvalue weighted by Gasteiger charge is -2.47. The molecule has 1 aromatic carbocycles. The molecule has 2 heterocycles. The van der Waals surface area contributed by atoms with Gasteiger partial charge < -0.3 is 16.0 Å². The Morgan fingerprint density at radius 3 is 2.43 bits per heavy atom. The molecule has 2 aliphatic carbocycles. The molecule has 1 saturated heterocycles. The van der Waals surface area contributed by atoms with Gasteiger partial charge in [-0.2, -0.15) is 0 Å². The van der Waals surface area contributed by atoms with Crippen LogP contribution in [-0.4, -0.2) is 46.4 Å². The summed E-state index contributed by atoms with van der Waals surface area (Å²) in [6.45, 7) is 2.34. The zero-order valence-electron chi connectivity index (χ0n) is 21.5. The molecule has 3 fully saturated rings. The number of rotatable bonds is 8. The number of nitrogens with two attached hydrogens (primary N) is 1. The Bertz CT molecular complexity index is 1130. The number of amides is 4. The van der Waals surface area contributed by atoms with Crippen molar-refractivity contribution in [2.24, 2.45) is 17.8 Å². The van der Waals surface area contributed by atoms with E-state index in [1.54, 1.807) is 23.2 Å². The van der Waals surface area contributed by atoms with Gasteiger partial charge in [-0.1, -0.05) is 37.5 Å². The molecule has 2 saturated carbocycles. The number of anilines is 2. The number of hydrogen-bond acceptors (Lipinski definition) is 5.